The van der Waals surface area contributed by atoms with E-state index in [9.17, 15) is 0 Å². The van der Waals surface area contributed by atoms with E-state index in [1.807, 2.05) is 30.3 Å². The predicted octanol–water partition coefficient (Wildman–Crippen LogP) is 3.95. The second kappa shape index (κ2) is 9.23. The maximum absolute atomic E-state index is 6.69. The quantitative estimate of drug-likeness (QED) is 0.312. The molecule has 0 amide bonds. The van der Waals surface area contributed by atoms with Crippen molar-refractivity contribution < 1.29 is 9.47 Å². The molecule has 0 spiro atoms. The van der Waals surface area contributed by atoms with Crippen LogP contribution in [0.15, 0.2) is 48.7 Å². The Morgan fingerprint density at radius 1 is 1.06 bits per heavy atom. The number of benzene rings is 2. The third kappa shape index (κ3) is 3.95. The van der Waals surface area contributed by atoms with Gasteiger partial charge in [0, 0.05) is 43.1 Å². The van der Waals surface area contributed by atoms with Crippen LogP contribution in [0.5, 0.6) is 11.5 Å². The number of imidazole rings is 1. The molecule has 2 aromatic heterocycles. The number of ether oxygens (including phenoxy) is 2. The zero-order valence-corrected chi connectivity index (χ0v) is 20.5. The molecule has 1 fully saturated rings. The van der Waals surface area contributed by atoms with Crippen molar-refractivity contribution in [2.24, 2.45) is 5.84 Å². The zero-order chi connectivity index (χ0) is 24.6. The van der Waals surface area contributed by atoms with E-state index in [0.717, 1.165) is 65.5 Å². The summed E-state index contributed by atoms with van der Waals surface area (Å²) in [5.74, 6) is 9.47. The summed E-state index contributed by atoms with van der Waals surface area (Å²) >= 11 is 0. The smallest absolute Gasteiger partial charge is 0.167 e. The topological polar surface area (TPSA) is 108 Å². The van der Waals surface area contributed by atoms with Crippen LogP contribution in [-0.4, -0.2) is 41.3 Å². The van der Waals surface area contributed by atoms with Crippen molar-refractivity contribution in [3.05, 3.63) is 54.2 Å². The van der Waals surface area contributed by atoms with Crippen LogP contribution in [0.4, 0.5) is 17.2 Å². The van der Waals surface area contributed by atoms with Gasteiger partial charge in [0.1, 0.15) is 22.8 Å². The van der Waals surface area contributed by atoms with E-state index in [2.05, 4.69) is 26.6 Å². The molecule has 4 heterocycles. The molecule has 0 saturated carbocycles. The van der Waals surface area contributed by atoms with Gasteiger partial charge in [0.05, 0.1) is 31.5 Å². The SMILES string of the molecule is COc1ccc(CN(N)c2nccc(-c3nc4cc(N5CCCC5)cc5c4n3CCCO5)c2N)cc1. The summed E-state index contributed by atoms with van der Waals surface area (Å²) in [6.07, 6.45) is 5.07. The van der Waals surface area contributed by atoms with Crippen molar-refractivity contribution in [2.75, 3.05) is 42.4 Å². The Hall–Kier alpha value is -3.98. The molecule has 0 radical (unpaired) electrons. The van der Waals surface area contributed by atoms with Crippen molar-refractivity contribution in [3.63, 3.8) is 0 Å². The molecule has 2 aromatic carbocycles. The molecule has 0 bridgehead atoms. The third-order valence-electron chi connectivity index (χ3n) is 7.04. The van der Waals surface area contributed by atoms with Gasteiger partial charge in [0.25, 0.3) is 0 Å². The lowest BCUT2D eigenvalue weighted by molar-refractivity contribution is 0.316. The van der Waals surface area contributed by atoms with E-state index in [-0.39, 0.29) is 0 Å². The van der Waals surface area contributed by atoms with Gasteiger partial charge in [-0.15, -0.1) is 0 Å². The maximum atomic E-state index is 6.69. The minimum atomic E-state index is 0.457. The van der Waals surface area contributed by atoms with E-state index in [1.165, 1.54) is 18.5 Å². The highest BCUT2D eigenvalue weighted by Gasteiger charge is 2.24. The van der Waals surface area contributed by atoms with Gasteiger partial charge in [0.15, 0.2) is 5.82 Å². The summed E-state index contributed by atoms with van der Waals surface area (Å²) in [5, 5.41) is 1.58. The van der Waals surface area contributed by atoms with Gasteiger partial charge in [-0.3, -0.25) is 5.01 Å². The van der Waals surface area contributed by atoms with Crippen LogP contribution >= 0.6 is 0 Å². The van der Waals surface area contributed by atoms with Gasteiger partial charge in [-0.1, -0.05) is 12.1 Å². The molecule has 9 nitrogen and oxygen atoms in total. The van der Waals surface area contributed by atoms with Gasteiger partial charge in [-0.05, 0) is 49.1 Å². The molecule has 2 aliphatic rings. The molecule has 4 N–H and O–H groups in total. The lowest BCUT2D eigenvalue weighted by Crippen LogP contribution is -2.31. The lowest BCUT2D eigenvalue weighted by Gasteiger charge is -2.21. The fourth-order valence-corrected chi connectivity index (χ4v) is 5.20. The molecule has 1 saturated heterocycles. The van der Waals surface area contributed by atoms with Gasteiger partial charge in [0.2, 0.25) is 0 Å². The number of rotatable bonds is 6. The summed E-state index contributed by atoms with van der Waals surface area (Å²) in [6.45, 7) is 4.07. The summed E-state index contributed by atoms with van der Waals surface area (Å²) in [5.41, 5.74) is 12.2. The number of anilines is 3. The van der Waals surface area contributed by atoms with Crippen LogP contribution in [0.2, 0.25) is 0 Å². The highest BCUT2D eigenvalue weighted by Crippen LogP contribution is 2.40. The molecule has 6 rings (SSSR count). The number of hydrogen-bond acceptors (Lipinski definition) is 8. The number of methoxy groups -OCH3 is 1. The van der Waals surface area contributed by atoms with Crippen molar-refractivity contribution in [1.82, 2.24) is 14.5 Å². The van der Waals surface area contributed by atoms with Crippen LogP contribution in [0.3, 0.4) is 0 Å². The lowest BCUT2D eigenvalue weighted by atomic mass is 10.1. The first kappa shape index (κ1) is 22.5. The minimum Gasteiger partial charge on any atom is -0.497 e. The molecule has 4 aromatic rings. The van der Waals surface area contributed by atoms with E-state index < -0.39 is 0 Å². The second-order valence-corrected chi connectivity index (χ2v) is 9.37. The average molecular weight is 486 g/mol. The van der Waals surface area contributed by atoms with Crippen molar-refractivity contribution in [1.29, 1.82) is 0 Å². The Labute approximate surface area is 210 Å². The first-order valence-electron chi connectivity index (χ1n) is 12.4. The standard InChI is InChI=1S/C27H31N7O2/c1-35-20-7-5-18(6-8-20)17-34(29)27-24(28)21(9-10-30-27)26-31-22-15-19(32-11-2-3-12-32)16-23-25(22)33(26)13-4-14-36-23/h5-10,15-16H,2-4,11-14,17,28-29H2,1H3. The molecule has 0 unspecified atom stereocenters. The highest BCUT2D eigenvalue weighted by molar-refractivity contribution is 5.92. The van der Waals surface area contributed by atoms with Crippen LogP contribution < -0.4 is 31.0 Å². The monoisotopic (exact) mass is 485 g/mol. The summed E-state index contributed by atoms with van der Waals surface area (Å²) in [7, 11) is 1.65. The van der Waals surface area contributed by atoms with E-state index >= 15 is 0 Å². The van der Waals surface area contributed by atoms with Gasteiger partial charge < -0.3 is 24.7 Å². The fraction of sp³-hybridized carbons (Fsp3) is 0.333. The number of nitrogens with zero attached hydrogens (tertiary/aromatic N) is 5. The van der Waals surface area contributed by atoms with Gasteiger partial charge in [-0.2, -0.15) is 0 Å². The molecule has 36 heavy (non-hydrogen) atoms. The molecule has 2 aliphatic heterocycles. The molecular weight excluding hydrogens is 454 g/mol. The number of nitrogens with two attached hydrogens (primary N) is 2. The first-order valence-corrected chi connectivity index (χ1v) is 12.4. The Morgan fingerprint density at radius 3 is 2.64 bits per heavy atom. The van der Waals surface area contributed by atoms with E-state index in [0.29, 0.717) is 24.7 Å². The fourth-order valence-electron chi connectivity index (χ4n) is 5.20. The number of hydrazine groups is 1. The molecule has 0 aliphatic carbocycles. The molecule has 9 heteroatoms. The molecule has 0 atom stereocenters. The number of aromatic nitrogens is 3. The summed E-state index contributed by atoms with van der Waals surface area (Å²) < 4.78 is 13.7. The van der Waals surface area contributed by atoms with Crippen LogP contribution in [0.1, 0.15) is 24.8 Å². The Balaban J connectivity index is 1.39. The van der Waals surface area contributed by atoms with E-state index in [4.69, 9.17) is 26.0 Å². The molecular formula is C27H31N7O2. The van der Waals surface area contributed by atoms with Crippen molar-refractivity contribution >= 4 is 28.2 Å². The van der Waals surface area contributed by atoms with Crippen LogP contribution in [0, 0.1) is 0 Å². The summed E-state index contributed by atoms with van der Waals surface area (Å²) in [4.78, 5) is 12.0. The first-order chi connectivity index (χ1) is 17.6. The average Bonchev–Trinajstić information content (AvgIpc) is 3.50. The van der Waals surface area contributed by atoms with Crippen LogP contribution in [0.25, 0.3) is 22.4 Å². The number of hydrogen-bond donors (Lipinski definition) is 2. The highest BCUT2D eigenvalue weighted by atomic mass is 16.5. The summed E-state index contributed by atoms with van der Waals surface area (Å²) in [6, 6.07) is 14.0. The van der Waals surface area contributed by atoms with Crippen molar-refractivity contribution in [2.45, 2.75) is 32.4 Å². The predicted molar refractivity (Wildman–Crippen MR) is 142 cm³/mol. The second-order valence-electron chi connectivity index (χ2n) is 9.37. The van der Waals surface area contributed by atoms with Crippen LogP contribution in [-0.2, 0) is 13.1 Å². The Morgan fingerprint density at radius 2 is 1.86 bits per heavy atom. The Kier molecular flexibility index (Phi) is 5.77. The molecule has 186 valence electrons. The Bertz CT molecular complexity index is 1390. The van der Waals surface area contributed by atoms with E-state index in [1.54, 1.807) is 18.3 Å². The number of pyridine rings is 1. The largest absolute Gasteiger partial charge is 0.497 e. The minimum absolute atomic E-state index is 0.457. The van der Waals surface area contributed by atoms with Gasteiger partial charge >= 0.3 is 0 Å². The number of aryl methyl sites for hydroxylation is 1. The third-order valence-corrected chi connectivity index (χ3v) is 7.04. The van der Waals surface area contributed by atoms with Crippen molar-refractivity contribution in [3.8, 4) is 22.9 Å². The number of nitrogen functional groups attached to an aromatic ring is 1. The maximum Gasteiger partial charge on any atom is 0.167 e. The normalized spacial score (nSPS) is 15.1. The van der Waals surface area contributed by atoms with Gasteiger partial charge in [-0.25, -0.2) is 15.8 Å². The zero-order valence-electron chi connectivity index (χ0n) is 20.5.